The number of piperazine rings is 1. The van der Waals surface area contributed by atoms with Crippen molar-refractivity contribution in [1.29, 1.82) is 0 Å². The van der Waals surface area contributed by atoms with Crippen molar-refractivity contribution in [3.05, 3.63) is 40.7 Å². The van der Waals surface area contributed by atoms with Crippen molar-refractivity contribution in [2.75, 3.05) is 37.6 Å². The lowest BCUT2D eigenvalue weighted by atomic mass is 10.2. The zero-order valence-electron chi connectivity index (χ0n) is 13.8. The molecule has 1 aliphatic rings. The summed E-state index contributed by atoms with van der Waals surface area (Å²) in [4.78, 5) is 22.6. The number of unbranched alkanes of at least 4 members (excludes halogenated alkanes) is 1. The van der Waals surface area contributed by atoms with Gasteiger partial charge in [-0.25, -0.2) is 14.4 Å². The van der Waals surface area contributed by atoms with Gasteiger partial charge in [-0.3, -0.25) is 19.7 Å². The molecule has 3 heterocycles. The average Bonchev–Trinajstić information content (AvgIpc) is 3.09. The largest absolute Gasteiger partial charge is 0.338 e. The summed E-state index contributed by atoms with van der Waals surface area (Å²) in [6.07, 6.45) is 7.03. The van der Waals surface area contributed by atoms with Crippen molar-refractivity contribution in [2.24, 2.45) is 0 Å². The summed E-state index contributed by atoms with van der Waals surface area (Å²) in [6, 6.07) is 0. The van der Waals surface area contributed by atoms with E-state index in [0.717, 1.165) is 45.6 Å². The third kappa shape index (κ3) is 4.69. The highest BCUT2D eigenvalue weighted by Crippen LogP contribution is 2.12. The van der Waals surface area contributed by atoms with E-state index in [4.69, 9.17) is 0 Å². The smallest absolute Gasteiger partial charge is 0.306 e. The molecule has 3 rings (SSSR count). The Kier molecular flexibility index (Phi) is 5.49. The van der Waals surface area contributed by atoms with Gasteiger partial charge in [0.1, 0.15) is 12.4 Å². The molecule has 0 aliphatic carbocycles. The lowest BCUT2D eigenvalue weighted by molar-refractivity contribution is -0.385. The molecule has 0 bridgehead atoms. The highest BCUT2D eigenvalue weighted by atomic mass is 19.1. The molecular formula is C15H20FN7O2. The summed E-state index contributed by atoms with van der Waals surface area (Å²) in [5, 5.41) is 14.6. The van der Waals surface area contributed by atoms with Crippen LogP contribution in [0.3, 0.4) is 0 Å². The van der Waals surface area contributed by atoms with E-state index in [1.165, 1.54) is 24.8 Å². The Morgan fingerprint density at radius 3 is 2.40 bits per heavy atom. The molecule has 1 aliphatic heterocycles. The molecule has 0 N–H and O–H groups in total. The molecule has 0 spiro atoms. The van der Waals surface area contributed by atoms with Crippen molar-refractivity contribution >= 4 is 11.6 Å². The zero-order valence-corrected chi connectivity index (χ0v) is 13.8. The maximum Gasteiger partial charge on any atom is 0.306 e. The summed E-state index contributed by atoms with van der Waals surface area (Å²) >= 11 is 0. The van der Waals surface area contributed by atoms with Gasteiger partial charge in [-0.05, 0) is 19.4 Å². The lowest BCUT2D eigenvalue weighted by Gasteiger charge is -2.34. The molecule has 0 unspecified atom stereocenters. The molecule has 0 saturated carbocycles. The number of halogens is 1. The van der Waals surface area contributed by atoms with Crippen LogP contribution in [0.2, 0.25) is 0 Å². The van der Waals surface area contributed by atoms with Gasteiger partial charge in [0.25, 0.3) is 0 Å². The summed E-state index contributed by atoms with van der Waals surface area (Å²) in [7, 11) is 0. The molecule has 0 radical (unpaired) electrons. The molecule has 0 aromatic carbocycles. The van der Waals surface area contributed by atoms with Gasteiger partial charge in [0.2, 0.25) is 5.95 Å². The van der Waals surface area contributed by atoms with Crippen LogP contribution in [0.15, 0.2) is 24.8 Å². The van der Waals surface area contributed by atoms with Crippen LogP contribution in [0.25, 0.3) is 0 Å². The molecule has 25 heavy (non-hydrogen) atoms. The summed E-state index contributed by atoms with van der Waals surface area (Å²) in [5.41, 5.74) is 0.0270. The number of hydrogen-bond donors (Lipinski definition) is 0. The van der Waals surface area contributed by atoms with Gasteiger partial charge in [-0.15, -0.1) is 0 Å². The predicted molar refractivity (Wildman–Crippen MR) is 88.8 cm³/mol. The normalized spacial score (nSPS) is 15.5. The minimum absolute atomic E-state index is 0.0270. The molecule has 134 valence electrons. The van der Waals surface area contributed by atoms with E-state index >= 15 is 0 Å². The highest BCUT2D eigenvalue weighted by molar-refractivity contribution is 5.29. The fraction of sp³-hybridized carbons (Fsp3) is 0.533. The van der Waals surface area contributed by atoms with Crippen LogP contribution in [0.4, 0.5) is 16.0 Å². The quantitative estimate of drug-likeness (QED) is 0.423. The van der Waals surface area contributed by atoms with Gasteiger partial charge >= 0.3 is 5.69 Å². The Balaban J connectivity index is 1.35. The molecular weight excluding hydrogens is 329 g/mol. The van der Waals surface area contributed by atoms with E-state index in [1.54, 1.807) is 4.68 Å². The number of nitro groups is 1. The third-order valence-electron chi connectivity index (χ3n) is 4.20. The molecule has 2 aromatic rings. The van der Waals surface area contributed by atoms with Gasteiger partial charge in [0.15, 0.2) is 5.82 Å². The second-order valence-corrected chi connectivity index (χ2v) is 5.96. The number of nitrogens with zero attached hydrogens (tertiary/aromatic N) is 7. The van der Waals surface area contributed by atoms with E-state index < -0.39 is 10.7 Å². The Morgan fingerprint density at radius 1 is 1.08 bits per heavy atom. The Bertz CT molecular complexity index is 698. The van der Waals surface area contributed by atoms with Crippen molar-refractivity contribution < 1.29 is 9.31 Å². The fourth-order valence-electron chi connectivity index (χ4n) is 2.82. The van der Waals surface area contributed by atoms with Crippen LogP contribution in [0.5, 0.6) is 0 Å². The Hall–Kier alpha value is -2.62. The van der Waals surface area contributed by atoms with E-state index in [0.29, 0.717) is 12.5 Å². The number of aryl methyl sites for hydroxylation is 1. The predicted octanol–water partition coefficient (Wildman–Crippen LogP) is 1.32. The zero-order chi connectivity index (χ0) is 17.6. The van der Waals surface area contributed by atoms with Gasteiger partial charge in [0, 0.05) is 32.7 Å². The minimum atomic E-state index is -0.437. The highest BCUT2D eigenvalue weighted by Gasteiger charge is 2.18. The van der Waals surface area contributed by atoms with E-state index in [2.05, 4.69) is 24.9 Å². The molecule has 1 fully saturated rings. The first kappa shape index (κ1) is 17.2. The van der Waals surface area contributed by atoms with Crippen LogP contribution in [0, 0.1) is 15.9 Å². The van der Waals surface area contributed by atoms with Crippen molar-refractivity contribution in [3.8, 4) is 0 Å². The minimum Gasteiger partial charge on any atom is -0.338 e. The van der Waals surface area contributed by atoms with Gasteiger partial charge in [-0.1, -0.05) is 0 Å². The third-order valence-corrected chi connectivity index (χ3v) is 4.20. The van der Waals surface area contributed by atoms with Crippen LogP contribution in [0.1, 0.15) is 12.8 Å². The maximum absolute atomic E-state index is 12.9. The lowest BCUT2D eigenvalue weighted by Crippen LogP contribution is -2.47. The molecule has 0 amide bonds. The van der Waals surface area contributed by atoms with E-state index in [9.17, 15) is 14.5 Å². The van der Waals surface area contributed by atoms with Crippen molar-refractivity contribution in [1.82, 2.24) is 24.6 Å². The maximum atomic E-state index is 12.9. The topological polar surface area (TPSA) is 93.2 Å². The molecule has 2 aromatic heterocycles. The molecule has 1 saturated heterocycles. The van der Waals surface area contributed by atoms with Crippen LogP contribution in [-0.4, -0.2) is 62.3 Å². The van der Waals surface area contributed by atoms with E-state index in [-0.39, 0.29) is 5.69 Å². The average molecular weight is 349 g/mol. The van der Waals surface area contributed by atoms with E-state index in [1.807, 2.05) is 0 Å². The summed E-state index contributed by atoms with van der Waals surface area (Å²) in [5.74, 6) is 0.145. The van der Waals surface area contributed by atoms with Gasteiger partial charge in [0.05, 0.1) is 17.3 Å². The number of anilines is 1. The Labute approximate surface area is 144 Å². The van der Waals surface area contributed by atoms with Gasteiger partial charge < -0.3 is 4.90 Å². The number of hydrogen-bond acceptors (Lipinski definition) is 7. The molecule has 10 heteroatoms. The molecule has 9 nitrogen and oxygen atoms in total. The van der Waals surface area contributed by atoms with Gasteiger partial charge in [-0.2, -0.15) is 5.10 Å². The summed E-state index contributed by atoms with van der Waals surface area (Å²) in [6.45, 7) is 5.11. The fourth-order valence-corrected chi connectivity index (χ4v) is 2.82. The van der Waals surface area contributed by atoms with Crippen LogP contribution < -0.4 is 4.90 Å². The van der Waals surface area contributed by atoms with Crippen molar-refractivity contribution in [3.63, 3.8) is 0 Å². The monoisotopic (exact) mass is 349 g/mol. The standard InChI is InChI=1S/C15H20FN7O2/c16-13-9-17-15(18-10-13)21-7-5-20(6-8-21)3-1-2-4-22-12-14(11-19-22)23(24)25/h9-12H,1-8H2. The number of rotatable bonds is 7. The second kappa shape index (κ2) is 7.97. The first-order valence-electron chi connectivity index (χ1n) is 8.23. The molecule has 0 atom stereocenters. The first-order chi connectivity index (χ1) is 12.1. The van der Waals surface area contributed by atoms with Crippen LogP contribution in [-0.2, 0) is 6.54 Å². The van der Waals surface area contributed by atoms with Crippen LogP contribution >= 0.6 is 0 Å². The Morgan fingerprint density at radius 2 is 1.76 bits per heavy atom. The first-order valence-corrected chi connectivity index (χ1v) is 8.23. The summed E-state index contributed by atoms with van der Waals surface area (Å²) < 4.78 is 14.5. The second-order valence-electron chi connectivity index (χ2n) is 5.96. The SMILES string of the molecule is O=[N+]([O-])c1cnn(CCCCN2CCN(c3ncc(F)cn3)CC2)c1. The van der Waals surface area contributed by atoms with Crippen molar-refractivity contribution in [2.45, 2.75) is 19.4 Å². The number of aromatic nitrogens is 4.